The van der Waals surface area contributed by atoms with Crippen molar-refractivity contribution in [2.75, 3.05) is 25.9 Å². The number of hydrogen-bond donors (Lipinski definition) is 1. The highest BCUT2D eigenvalue weighted by Crippen LogP contribution is 2.13. The van der Waals surface area contributed by atoms with E-state index < -0.39 is 10.0 Å². The minimum Gasteiger partial charge on any atom is -0.314 e. The Kier molecular flexibility index (Phi) is 6.89. The summed E-state index contributed by atoms with van der Waals surface area (Å²) in [5.41, 5.74) is 0. The fraction of sp³-hybridized carbons (Fsp3) is 0.846. The van der Waals surface area contributed by atoms with Gasteiger partial charge in [-0.2, -0.15) is 0 Å². The van der Waals surface area contributed by atoms with Crippen LogP contribution in [0, 0.1) is 0 Å². The van der Waals surface area contributed by atoms with Gasteiger partial charge < -0.3 is 5.32 Å². The van der Waals surface area contributed by atoms with Crippen molar-refractivity contribution in [2.24, 2.45) is 0 Å². The van der Waals surface area contributed by atoms with Crippen LogP contribution >= 0.6 is 0 Å². The molecule has 0 aromatic heterocycles. The number of hydrogen-bond acceptors (Lipinski definition) is 3. The second-order valence-electron chi connectivity index (χ2n) is 5.03. The fourth-order valence-corrected chi connectivity index (χ4v) is 3.16. The van der Waals surface area contributed by atoms with E-state index in [2.05, 4.69) is 11.9 Å². The maximum atomic E-state index is 11.4. The molecule has 0 radical (unpaired) electrons. The molecule has 18 heavy (non-hydrogen) atoms. The van der Waals surface area contributed by atoms with Crippen LogP contribution < -0.4 is 5.32 Å². The summed E-state index contributed by atoms with van der Waals surface area (Å²) in [5, 5.41) is 3.52. The molecule has 1 N–H and O–H groups in total. The molecule has 1 saturated heterocycles. The van der Waals surface area contributed by atoms with E-state index in [1.807, 2.05) is 6.08 Å². The summed E-state index contributed by atoms with van der Waals surface area (Å²) in [7, 11) is -2.99. The molecular weight excluding hydrogens is 248 g/mol. The van der Waals surface area contributed by atoms with Crippen molar-refractivity contribution in [1.82, 2.24) is 9.62 Å². The fourth-order valence-electron chi connectivity index (χ4n) is 2.29. The lowest BCUT2D eigenvalue weighted by molar-refractivity contribution is 0.290. The molecule has 0 aliphatic carbocycles. The molecular formula is C13H26N2O2S. The summed E-state index contributed by atoms with van der Waals surface area (Å²) in [5.74, 6) is 0. The number of piperidine rings is 1. The molecule has 4 nitrogen and oxygen atoms in total. The van der Waals surface area contributed by atoms with Crippen LogP contribution in [0.25, 0.3) is 0 Å². The summed E-state index contributed by atoms with van der Waals surface area (Å²) in [6.07, 6.45) is 9.87. The van der Waals surface area contributed by atoms with Crippen molar-refractivity contribution in [2.45, 2.75) is 44.6 Å². The van der Waals surface area contributed by atoms with E-state index in [9.17, 15) is 8.42 Å². The SMILES string of the molecule is C=CCCCCCNC1CCN(S(C)(=O)=O)CC1. The Hall–Kier alpha value is -0.390. The summed E-state index contributed by atoms with van der Waals surface area (Å²) in [4.78, 5) is 0. The minimum atomic E-state index is -2.99. The number of unbranched alkanes of at least 4 members (excludes halogenated alkanes) is 3. The predicted octanol–water partition coefficient (Wildman–Crippen LogP) is 1.75. The molecule has 0 bridgehead atoms. The topological polar surface area (TPSA) is 49.4 Å². The Morgan fingerprint density at radius 3 is 2.50 bits per heavy atom. The first-order valence-corrected chi connectivity index (χ1v) is 8.68. The molecule has 0 saturated carbocycles. The average molecular weight is 274 g/mol. The van der Waals surface area contributed by atoms with Crippen LogP contribution in [0.5, 0.6) is 0 Å². The van der Waals surface area contributed by atoms with Gasteiger partial charge >= 0.3 is 0 Å². The molecule has 1 aliphatic rings. The van der Waals surface area contributed by atoms with Crippen LogP contribution in [0.15, 0.2) is 12.7 Å². The Labute approximate surface area is 111 Å². The Morgan fingerprint density at radius 1 is 1.28 bits per heavy atom. The number of nitrogens with zero attached hydrogens (tertiary/aromatic N) is 1. The summed E-state index contributed by atoms with van der Waals surface area (Å²) >= 11 is 0. The average Bonchev–Trinajstić information content (AvgIpc) is 2.33. The number of rotatable bonds is 8. The largest absolute Gasteiger partial charge is 0.314 e. The molecule has 0 atom stereocenters. The standard InChI is InChI=1S/C13H26N2O2S/c1-3-4-5-6-7-10-14-13-8-11-15(12-9-13)18(2,16)17/h3,13-14H,1,4-12H2,2H3. The predicted molar refractivity (Wildman–Crippen MR) is 76.1 cm³/mol. The first-order chi connectivity index (χ1) is 8.54. The van der Waals surface area contributed by atoms with Gasteiger partial charge in [0.05, 0.1) is 6.26 Å². The molecule has 0 unspecified atom stereocenters. The maximum absolute atomic E-state index is 11.4. The first kappa shape index (κ1) is 15.7. The van der Waals surface area contributed by atoms with Crippen LogP contribution in [0.4, 0.5) is 0 Å². The van der Waals surface area contributed by atoms with Gasteiger partial charge in [0, 0.05) is 19.1 Å². The summed E-state index contributed by atoms with van der Waals surface area (Å²) in [6.45, 7) is 6.07. The third-order valence-corrected chi connectivity index (χ3v) is 4.74. The van der Waals surface area contributed by atoms with Crippen molar-refractivity contribution in [3.63, 3.8) is 0 Å². The maximum Gasteiger partial charge on any atom is 0.211 e. The molecule has 1 heterocycles. The molecule has 0 spiro atoms. The molecule has 106 valence electrons. The van der Waals surface area contributed by atoms with Gasteiger partial charge in [-0.3, -0.25) is 0 Å². The summed E-state index contributed by atoms with van der Waals surface area (Å²) < 4.78 is 24.3. The van der Waals surface area contributed by atoms with Crippen LogP contribution in [0.2, 0.25) is 0 Å². The monoisotopic (exact) mass is 274 g/mol. The van der Waals surface area contributed by atoms with Crippen LogP contribution in [0.3, 0.4) is 0 Å². The summed E-state index contributed by atoms with van der Waals surface area (Å²) in [6, 6.07) is 0.488. The van der Waals surface area contributed by atoms with Gasteiger partial charge in [-0.1, -0.05) is 12.5 Å². The normalized spacial score (nSPS) is 18.9. The zero-order chi connectivity index (χ0) is 13.4. The van der Waals surface area contributed by atoms with E-state index in [-0.39, 0.29) is 0 Å². The third kappa shape index (κ3) is 5.98. The molecule has 1 fully saturated rings. The minimum absolute atomic E-state index is 0.488. The Balaban J connectivity index is 2.07. The molecule has 0 aromatic carbocycles. The second-order valence-corrected chi connectivity index (χ2v) is 7.01. The van der Waals surface area contributed by atoms with Gasteiger partial charge in [0.15, 0.2) is 0 Å². The number of allylic oxidation sites excluding steroid dienone is 1. The van der Waals surface area contributed by atoms with Gasteiger partial charge in [0.25, 0.3) is 0 Å². The first-order valence-electron chi connectivity index (χ1n) is 6.83. The van der Waals surface area contributed by atoms with Crippen molar-refractivity contribution >= 4 is 10.0 Å². The number of nitrogens with one attached hydrogen (secondary N) is 1. The van der Waals surface area contributed by atoms with Gasteiger partial charge in [-0.15, -0.1) is 6.58 Å². The molecule has 1 rings (SSSR count). The lowest BCUT2D eigenvalue weighted by Gasteiger charge is -2.30. The van der Waals surface area contributed by atoms with E-state index in [4.69, 9.17) is 0 Å². The van der Waals surface area contributed by atoms with Gasteiger partial charge in [0.2, 0.25) is 10.0 Å². The van der Waals surface area contributed by atoms with E-state index >= 15 is 0 Å². The quantitative estimate of drug-likeness (QED) is 0.542. The van der Waals surface area contributed by atoms with Gasteiger partial charge in [-0.05, 0) is 38.6 Å². The van der Waals surface area contributed by atoms with E-state index in [0.29, 0.717) is 19.1 Å². The molecule has 5 heteroatoms. The zero-order valence-corrected chi connectivity index (χ0v) is 12.2. The Morgan fingerprint density at radius 2 is 1.94 bits per heavy atom. The number of sulfonamides is 1. The highest BCUT2D eigenvalue weighted by atomic mass is 32.2. The highest BCUT2D eigenvalue weighted by molar-refractivity contribution is 7.88. The second kappa shape index (κ2) is 7.92. The zero-order valence-electron chi connectivity index (χ0n) is 11.4. The van der Waals surface area contributed by atoms with Crippen molar-refractivity contribution < 1.29 is 8.42 Å². The van der Waals surface area contributed by atoms with Gasteiger partial charge in [-0.25, -0.2) is 12.7 Å². The third-order valence-electron chi connectivity index (χ3n) is 3.44. The van der Waals surface area contributed by atoms with E-state index in [1.165, 1.54) is 25.5 Å². The van der Waals surface area contributed by atoms with Crippen molar-refractivity contribution in [1.29, 1.82) is 0 Å². The lowest BCUT2D eigenvalue weighted by Crippen LogP contribution is -2.44. The van der Waals surface area contributed by atoms with Gasteiger partial charge in [0.1, 0.15) is 0 Å². The lowest BCUT2D eigenvalue weighted by atomic mass is 10.1. The van der Waals surface area contributed by atoms with E-state index in [0.717, 1.165) is 25.8 Å². The Bertz CT molecular complexity index is 333. The van der Waals surface area contributed by atoms with Crippen LogP contribution in [0.1, 0.15) is 38.5 Å². The molecule has 0 aromatic rings. The van der Waals surface area contributed by atoms with E-state index in [1.54, 1.807) is 4.31 Å². The smallest absolute Gasteiger partial charge is 0.211 e. The highest BCUT2D eigenvalue weighted by Gasteiger charge is 2.24. The molecule has 1 aliphatic heterocycles. The van der Waals surface area contributed by atoms with Crippen molar-refractivity contribution in [3.8, 4) is 0 Å². The van der Waals surface area contributed by atoms with Crippen molar-refractivity contribution in [3.05, 3.63) is 12.7 Å². The molecule has 0 amide bonds. The van der Waals surface area contributed by atoms with Crippen LogP contribution in [-0.4, -0.2) is 44.7 Å². The van der Waals surface area contributed by atoms with Crippen LogP contribution in [-0.2, 0) is 10.0 Å².